The highest BCUT2D eigenvalue weighted by Crippen LogP contribution is 2.18. The minimum atomic E-state index is 0.354. The molecule has 3 heterocycles. The summed E-state index contributed by atoms with van der Waals surface area (Å²) in [4.78, 5) is 8.81. The summed E-state index contributed by atoms with van der Waals surface area (Å²) in [6.45, 7) is 4.96. The second-order valence-electron chi connectivity index (χ2n) is 4.55. The van der Waals surface area contributed by atoms with Gasteiger partial charge in [-0.1, -0.05) is 13.0 Å². The SMILES string of the molecule is Cc1cccn2nc(NCC(C)c3nccs3)nc12. The maximum Gasteiger partial charge on any atom is 0.243 e. The summed E-state index contributed by atoms with van der Waals surface area (Å²) in [6.07, 6.45) is 3.74. The third-order valence-corrected chi connectivity index (χ3v) is 4.00. The number of hydrogen-bond donors (Lipinski definition) is 1. The molecule has 0 spiro atoms. The first-order chi connectivity index (χ1) is 9.24. The molecular formula is C13H15N5S. The maximum absolute atomic E-state index is 4.49. The Kier molecular flexibility index (Phi) is 3.16. The first-order valence-corrected chi connectivity index (χ1v) is 7.07. The number of fused-ring (bicyclic) bond motifs is 1. The first kappa shape index (κ1) is 12.1. The summed E-state index contributed by atoms with van der Waals surface area (Å²) in [5.41, 5.74) is 2.02. The third-order valence-electron chi connectivity index (χ3n) is 3.00. The van der Waals surface area contributed by atoms with Crippen molar-refractivity contribution in [1.82, 2.24) is 19.6 Å². The molecule has 0 aliphatic rings. The van der Waals surface area contributed by atoms with Gasteiger partial charge in [-0.3, -0.25) is 0 Å². The Morgan fingerprint density at radius 3 is 3.11 bits per heavy atom. The van der Waals surface area contributed by atoms with Gasteiger partial charge in [-0.05, 0) is 18.6 Å². The average molecular weight is 273 g/mol. The van der Waals surface area contributed by atoms with Crippen LogP contribution in [0.3, 0.4) is 0 Å². The minimum absolute atomic E-state index is 0.354. The number of thiazole rings is 1. The number of hydrogen-bond acceptors (Lipinski definition) is 5. The Bertz CT molecular complexity index is 673. The first-order valence-electron chi connectivity index (χ1n) is 6.19. The van der Waals surface area contributed by atoms with Crippen LogP contribution >= 0.6 is 11.3 Å². The van der Waals surface area contributed by atoms with Crippen molar-refractivity contribution in [2.45, 2.75) is 19.8 Å². The smallest absolute Gasteiger partial charge is 0.243 e. The van der Waals surface area contributed by atoms with E-state index in [1.165, 1.54) is 0 Å². The van der Waals surface area contributed by atoms with Gasteiger partial charge in [0.05, 0.1) is 5.01 Å². The number of aryl methyl sites for hydroxylation is 1. The second kappa shape index (κ2) is 4.97. The molecule has 0 saturated heterocycles. The van der Waals surface area contributed by atoms with Gasteiger partial charge < -0.3 is 5.32 Å². The van der Waals surface area contributed by atoms with Gasteiger partial charge in [0.1, 0.15) is 0 Å². The van der Waals surface area contributed by atoms with Crippen LogP contribution in [-0.4, -0.2) is 26.1 Å². The summed E-state index contributed by atoms with van der Waals surface area (Å²) < 4.78 is 1.80. The van der Waals surface area contributed by atoms with Crippen LogP contribution in [0.5, 0.6) is 0 Å². The maximum atomic E-state index is 4.49. The van der Waals surface area contributed by atoms with Gasteiger partial charge in [0.2, 0.25) is 5.95 Å². The molecule has 0 aromatic carbocycles. The Hall–Kier alpha value is -1.95. The lowest BCUT2D eigenvalue weighted by Crippen LogP contribution is -2.10. The minimum Gasteiger partial charge on any atom is -0.352 e. The lowest BCUT2D eigenvalue weighted by atomic mass is 10.2. The lowest BCUT2D eigenvalue weighted by molar-refractivity contribution is 0.786. The van der Waals surface area contributed by atoms with E-state index in [-0.39, 0.29) is 0 Å². The fourth-order valence-electron chi connectivity index (χ4n) is 1.92. The molecule has 98 valence electrons. The molecule has 1 unspecified atom stereocenters. The van der Waals surface area contributed by atoms with Crippen molar-refractivity contribution < 1.29 is 0 Å². The van der Waals surface area contributed by atoms with E-state index in [0.717, 1.165) is 22.8 Å². The fourth-order valence-corrected chi connectivity index (χ4v) is 2.62. The van der Waals surface area contributed by atoms with E-state index < -0.39 is 0 Å². The predicted octanol–water partition coefficient (Wildman–Crippen LogP) is 2.71. The number of nitrogens with one attached hydrogen (secondary N) is 1. The van der Waals surface area contributed by atoms with E-state index in [1.54, 1.807) is 15.9 Å². The van der Waals surface area contributed by atoms with Crippen LogP contribution < -0.4 is 5.32 Å². The summed E-state index contributed by atoms with van der Waals surface area (Å²) in [7, 11) is 0. The Balaban J connectivity index is 1.73. The highest BCUT2D eigenvalue weighted by Gasteiger charge is 2.10. The average Bonchev–Trinajstić information content (AvgIpc) is 3.05. The van der Waals surface area contributed by atoms with Crippen LogP contribution in [0.15, 0.2) is 29.9 Å². The number of nitrogens with zero attached hydrogens (tertiary/aromatic N) is 4. The van der Waals surface area contributed by atoms with Crippen LogP contribution in [0.2, 0.25) is 0 Å². The van der Waals surface area contributed by atoms with Crippen molar-refractivity contribution in [3.05, 3.63) is 40.5 Å². The zero-order valence-electron chi connectivity index (χ0n) is 10.9. The largest absolute Gasteiger partial charge is 0.352 e. The van der Waals surface area contributed by atoms with Crippen molar-refractivity contribution in [3.63, 3.8) is 0 Å². The standard InChI is InChI=1S/C13H15N5S/c1-9-4-3-6-18-11(9)16-13(17-18)15-8-10(2)12-14-5-7-19-12/h3-7,10H,8H2,1-2H3,(H,15,17). The number of pyridine rings is 1. The Morgan fingerprint density at radius 2 is 2.37 bits per heavy atom. The highest BCUT2D eigenvalue weighted by atomic mass is 32.1. The molecule has 0 aliphatic heterocycles. The number of anilines is 1. The van der Waals surface area contributed by atoms with E-state index in [4.69, 9.17) is 0 Å². The molecule has 1 atom stereocenters. The van der Waals surface area contributed by atoms with E-state index in [1.807, 2.05) is 36.8 Å². The molecule has 0 aliphatic carbocycles. The third kappa shape index (κ3) is 2.44. The molecular weight excluding hydrogens is 258 g/mol. The monoisotopic (exact) mass is 273 g/mol. The topological polar surface area (TPSA) is 55.1 Å². The van der Waals surface area contributed by atoms with Gasteiger partial charge in [0.15, 0.2) is 5.65 Å². The van der Waals surface area contributed by atoms with E-state index >= 15 is 0 Å². The summed E-state index contributed by atoms with van der Waals surface area (Å²) in [6, 6.07) is 4.00. The van der Waals surface area contributed by atoms with Crippen molar-refractivity contribution in [1.29, 1.82) is 0 Å². The van der Waals surface area contributed by atoms with Gasteiger partial charge in [0.25, 0.3) is 0 Å². The van der Waals surface area contributed by atoms with Crippen LogP contribution in [-0.2, 0) is 0 Å². The van der Waals surface area contributed by atoms with Gasteiger partial charge in [-0.25, -0.2) is 9.50 Å². The summed E-state index contributed by atoms with van der Waals surface area (Å²) >= 11 is 1.68. The van der Waals surface area contributed by atoms with E-state index in [0.29, 0.717) is 11.9 Å². The predicted molar refractivity (Wildman–Crippen MR) is 76.7 cm³/mol. The van der Waals surface area contributed by atoms with Crippen molar-refractivity contribution >= 4 is 22.9 Å². The molecule has 5 nitrogen and oxygen atoms in total. The molecule has 0 saturated carbocycles. The quantitative estimate of drug-likeness (QED) is 0.794. The molecule has 3 rings (SSSR count). The molecule has 6 heteroatoms. The van der Waals surface area contributed by atoms with Gasteiger partial charge in [0, 0.05) is 30.2 Å². The van der Waals surface area contributed by atoms with Crippen LogP contribution in [0.1, 0.15) is 23.4 Å². The van der Waals surface area contributed by atoms with E-state index in [2.05, 4.69) is 27.3 Å². The molecule has 19 heavy (non-hydrogen) atoms. The molecule has 0 bridgehead atoms. The van der Waals surface area contributed by atoms with Crippen molar-refractivity contribution in [2.24, 2.45) is 0 Å². The zero-order chi connectivity index (χ0) is 13.2. The molecule has 3 aromatic heterocycles. The molecule has 0 amide bonds. The Morgan fingerprint density at radius 1 is 1.47 bits per heavy atom. The molecule has 3 aromatic rings. The van der Waals surface area contributed by atoms with Crippen LogP contribution in [0, 0.1) is 6.92 Å². The van der Waals surface area contributed by atoms with Gasteiger partial charge in [-0.2, -0.15) is 4.98 Å². The fraction of sp³-hybridized carbons (Fsp3) is 0.308. The summed E-state index contributed by atoms with van der Waals surface area (Å²) in [5.74, 6) is 1.02. The van der Waals surface area contributed by atoms with Crippen LogP contribution in [0.25, 0.3) is 5.65 Å². The van der Waals surface area contributed by atoms with Crippen LogP contribution in [0.4, 0.5) is 5.95 Å². The number of rotatable bonds is 4. The van der Waals surface area contributed by atoms with Crippen molar-refractivity contribution in [3.8, 4) is 0 Å². The lowest BCUT2D eigenvalue weighted by Gasteiger charge is -2.07. The van der Waals surface area contributed by atoms with Gasteiger partial charge in [-0.15, -0.1) is 16.4 Å². The van der Waals surface area contributed by atoms with Crippen molar-refractivity contribution in [2.75, 3.05) is 11.9 Å². The molecule has 0 fully saturated rings. The summed E-state index contributed by atoms with van der Waals surface area (Å²) in [5, 5.41) is 10.8. The Labute approximate surface area is 115 Å². The van der Waals surface area contributed by atoms with Gasteiger partial charge >= 0.3 is 0 Å². The normalized spacial score (nSPS) is 12.7. The van der Waals surface area contributed by atoms with E-state index in [9.17, 15) is 0 Å². The zero-order valence-corrected chi connectivity index (χ0v) is 11.7. The molecule has 1 N–H and O–H groups in total. The highest BCUT2D eigenvalue weighted by molar-refractivity contribution is 7.09. The number of aromatic nitrogens is 4. The second-order valence-corrected chi connectivity index (χ2v) is 5.47. The molecule has 0 radical (unpaired) electrons.